The van der Waals surface area contributed by atoms with E-state index in [1.807, 2.05) is 13.8 Å². The fraction of sp³-hybridized carbons (Fsp3) is 0.750. The molecular weight excluding hydrogens is 314 g/mol. The van der Waals surface area contributed by atoms with Gasteiger partial charge in [-0.2, -0.15) is 0 Å². The Kier molecular flexibility index (Phi) is 8.76. The van der Waals surface area contributed by atoms with E-state index >= 15 is 0 Å². The van der Waals surface area contributed by atoms with Crippen LogP contribution in [0, 0.1) is 11.8 Å². The standard InChI is InChI=1S/C16H27N3O3S/c1-11(2)9-13(14(20)16(22-3)19-17-10-23)18-15(21)12-7-5-4-6-8-12/h10-13H,4-9H2,1-3H3,(H,17,23)(H,18,21)/b19-16-. The number of Topliss-reactive ketones (excluding diaryl/α,β-unsaturated/α-hetero) is 1. The van der Waals surface area contributed by atoms with Crippen molar-refractivity contribution in [3.8, 4) is 0 Å². The Morgan fingerprint density at radius 2 is 1.96 bits per heavy atom. The van der Waals surface area contributed by atoms with Crippen LogP contribution in [0.5, 0.6) is 0 Å². The molecule has 1 rings (SSSR count). The fourth-order valence-corrected chi connectivity index (χ4v) is 2.85. The molecule has 1 aliphatic carbocycles. The quantitative estimate of drug-likeness (QED) is 0.306. The lowest BCUT2D eigenvalue weighted by atomic mass is 9.88. The zero-order chi connectivity index (χ0) is 17.2. The third-order valence-corrected chi connectivity index (χ3v) is 4.04. The van der Waals surface area contributed by atoms with E-state index in [4.69, 9.17) is 4.74 Å². The van der Waals surface area contributed by atoms with Gasteiger partial charge in [-0.3, -0.25) is 15.0 Å². The highest BCUT2D eigenvalue weighted by Crippen LogP contribution is 2.24. The van der Waals surface area contributed by atoms with Crippen molar-refractivity contribution in [2.75, 3.05) is 7.11 Å². The Bertz CT molecular complexity index is 446. The maximum atomic E-state index is 12.6. The number of hydrogen-bond donors (Lipinski definition) is 2. The molecule has 0 saturated heterocycles. The molecular formula is C16H27N3O3S. The first-order valence-corrected chi connectivity index (χ1v) is 8.62. The molecule has 2 N–H and O–H groups in total. The second kappa shape index (κ2) is 10.3. The molecule has 0 aromatic rings. The van der Waals surface area contributed by atoms with E-state index in [-0.39, 0.29) is 29.4 Å². The minimum Gasteiger partial charge on any atom is -0.477 e. The number of ketones is 1. The van der Waals surface area contributed by atoms with Crippen molar-refractivity contribution < 1.29 is 14.3 Å². The van der Waals surface area contributed by atoms with Crippen molar-refractivity contribution in [2.45, 2.75) is 58.4 Å². The zero-order valence-electron chi connectivity index (χ0n) is 14.1. The average molecular weight is 341 g/mol. The molecule has 130 valence electrons. The van der Waals surface area contributed by atoms with Gasteiger partial charge in [0.1, 0.15) is 0 Å². The number of hydrogen-bond acceptors (Lipinski definition) is 5. The second-order valence-corrected chi connectivity index (χ2v) is 6.49. The lowest BCUT2D eigenvalue weighted by Gasteiger charge is -2.25. The van der Waals surface area contributed by atoms with Crippen molar-refractivity contribution in [2.24, 2.45) is 16.9 Å². The van der Waals surface area contributed by atoms with E-state index in [0.29, 0.717) is 6.42 Å². The van der Waals surface area contributed by atoms with Gasteiger partial charge in [0.15, 0.2) is 0 Å². The fourth-order valence-electron chi connectivity index (χ4n) is 2.79. The number of nitrogens with zero attached hydrogens (tertiary/aromatic N) is 1. The van der Waals surface area contributed by atoms with Crippen molar-refractivity contribution in [1.29, 1.82) is 0 Å². The van der Waals surface area contributed by atoms with Gasteiger partial charge in [-0.25, -0.2) is 0 Å². The number of amides is 1. The highest BCUT2D eigenvalue weighted by Gasteiger charge is 2.30. The monoisotopic (exact) mass is 341 g/mol. The third-order valence-electron chi connectivity index (χ3n) is 3.94. The number of thiocarbonyl (C=S) groups is 1. The Labute approximate surface area is 143 Å². The van der Waals surface area contributed by atoms with Crippen LogP contribution in [0.3, 0.4) is 0 Å². The van der Waals surface area contributed by atoms with Crippen molar-refractivity contribution >= 4 is 35.3 Å². The lowest BCUT2D eigenvalue weighted by molar-refractivity contribution is -0.129. The first kappa shape index (κ1) is 19.5. The Morgan fingerprint density at radius 1 is 1.30 bits per heavy atom. The summed E-state index contributed by atoms with van der Waals surface area (Å²) in [5.74, 6) is -0.196. The van der Waals surface area contributed by atoms with Crippen LogP contribution < -0.4 is 10.7 Å². The maximum Gasteiger partial charge on any atom is 0.277 e. The average Bonchev–Trinajstić information content (AvgIpc) is 2.55. The Hall–Kier alpha value is -1.50. The maximum absolute atomic E-state index is 12.6. The van der Waals surface area contributed by atoms with Crippen LogP contribution in [0.4, 0.5) is 0 Å². The van der Waals surface area contributed by atoms with Gasteiger partial charge in [0.25, 0.3) is 5.90 Å². The topological polar surface area (TPSA) is 79.8 Å². The number of methoxy groups -OCH3 is 1. The Morgan fingerprint density at radius 3 is 2.48 bits per heavy atom. The van der Waals surface area contributed by atoms with Crippen LogP contribution in [0.2, 0.25) is 0 Å². The third kappa shape index (κ3) is 6.64. The highest BCUT2D eigenvalue weighted by molar-refractivity contribution is 7.78. The molecule has 7 heteroatoms. The summed E-state index contributed by atoms with van der Waals surface area (Å²) in [4.78, 5) is 25.0. The van der Waals surface area contributed by atoms with Crippen molar-refractivity contribution in [1.82, 2.24) is 10.7 Å². The smallest absolute Gasteiger partial charge is 0.277 e. The zero-order valence-corrected chi connectivity index (χ0v) is 14.9. The molecule has 0 aromatic carbocycles. The van der Waals surface area contributed by atoms with Crippen LogP contribution >= 0.6 is 12.2 Å². The van der Waals surface area contributed by atoms with E-state index in [0.717, 1.165) is 25.7 Å². The highest BCUT2D eigenvalue weighted by atomic mass is 32.1. The van der Waals surface area contributed by atoms with Gasteiger partial charge in [-0.15, -0.1) is 5.10 Å². The van der Waals surface area contributed by atoms with Gasteiger partial charge in [0, 0.05) is 5.92 Å². The number of hydrazone groups is 1. The summed E-state index contributed by atoms with van der Waals surface area (Å²) >= 11 is 4.62. The predicted octanol–water partition coefficient (Wildman–Crippen LogP) is 2.17. The van der Waals surface area contributed by atoms with Crippen LogP contribution in [0.15, 0.2) is 5.10 Å². The molecule has 0 bridgehead atoms. The molecule has 1 fully saturated rings. The van der Waals surface area contributed by atoms with Crippen molar-refractivity contribution in [3.63, 3.8) is 0 Å². The normalized spacial score (nSPS) is 17.5. The minimum absolute atomic E-state index is 0.00764. The summed E-state index contributed by atoms with van der Waals surface area (Å²) in [5, 5.41) is 6.69. The van der Waals surface area contributed by atoms with E-state index in [2.05, 4.69) is 28.1 Å². The minimum atomic E-state index is -0.630. The molecule has 1 atom stereocenters. The SMILES string of the molecule is CO/C(=N\NC=S)C(=O)C(CC(C)C)NC(=O)C1CCCCC1. The van der Waals surface area contributed by atoms with E-state index in [1.165, 1.54) is 19.0 Å². The molecule has 6 nitrogen and oxygen atoms in total. The number of carbonyl (C=O) groups excluding carboxylic acids is 2. The van der Waals surface area contributed by atoms with Crippen LogP contribution in [0.1, 0.15) is 52.4 Å². The summed E-state index contributed by atoms with van der Waals surface area (Å²) in [7, 11) is 1.37. The summed E-state index contributed by atoms with van der Waals surface area (Å²) in [6, 6.07) is -0.630. The molecule has 0 aliphatic heterocycles. The first-order chi connectivity index (χ1) is 11.0. The van der Waals surface area contributed by atoms with Gasteiger partial charge < -0.3 is 10.1 Å². The van der Waals surface area contributed by atoms with Gasteiger partial charge in [0.2, 0.25) is 11.7 Å². The summed E-state index contributed by atoms with van der Waals surface area (Å²) in [5.41, 5.74) is 3.61. The summed E-state index contributed by atoms with van der Waals surface area (Å²) in [6.45, 7) is 4.01. The lowest BCUT2D eigenvalue weighted by Crippen LogP contribution is -2.47. The largest absolute Gasteiger partial charge is 0.477 e. The van der Waals surface area contributed by atoms with Crippen molar-refractivity contribution in [3.05, 3.63) is 0 Å². The van der Waals surface area contributed by atoms with Crippen LogP contribution in [0.25, 0.3) is 0 Å². The summed E-state index contributed by atoms with van der Waals surface area (Å²) in [6.07, 6.45) is 5.66. The van der Waals surface area contributed by atoms with E-state index < -0.39 is 6.04 Å². The van der Waals surface area contributed by atoms with E-state index in [9.17, 15) is 9.59 Å². The number of carbonyl (C=O) groups is 2. The van der Waals surface area contributed by atoms with Gasteiger partial charge in [-0.05, 0) is 25.2 Å². The number of nitrogens with one attached hydrogen (secondary N) is 2. The second-order valence-electron chi connectivity index (χ2n) is 6.26. The molecule has 0 heterocycles. The summed E-state index contributed by atoms with van der Waals surface area (Å²) < 4.78 is 5.02. The van der Waals surface area contributed by atoms with Gasteiger partial charge >= 0.3 is 0 Å². The molecule has 1 unspecified atom stereocenters. The Balaban J connectivity index is 2.79. The number of rotatable bonds is 8. The predicted molar refractivity (Wildman–Crippen MR) is 94.2 cm³/mol. The van der Waals surface area contributed by atoms with E-state index in [1.54, 1.807) is 0 Å². The molecule has 1 aliphatic rings. The van der Waals surface area contributed by atoms with Crippen LogP contribution in [-0.2, 0) is 14.3 Å². The molecule has 23 heavy (non-hydrogen) atoms. The molecule has 0 spiro atoms. The first-order valence-electron chi connectivity index (χ1n) is 8.15. The molecule has 0 aromatic heterocycles. The van der Waals surface area contributed by atoms with Gasteiger partial charge in [-0.1, -0.05) is 45.3 Å². The van der Waals surface area contributed by atoms with Gasteiger partial charge in [0.05, 0.1) is 18.6 Å². The number of ether oxygens (including phenoxy) is 1. The molecule has 0 radical (unpaired) electrons. The molecule has 1 saturated carbocycles. The molecule has 1 amide bonds. The van der Waals surface area contributed by atoms with Crippen LogP contribution in [-0.4, -0.2) is 36.2 Å².